The predicted molar refractivity (Wildman–Crippen MR) is 84.8 cm³/mol. The van der Waals surface area contributed by atoms with Gasteiger partial charge in [-0.25, -0.2) is 0 Å². The summed E-state index contributed by atoms with van der Waals surface area (Å²) in [5, 5.41) is 0. The Hall–Kier alpha value is -1.55. The van der Waals surface area contributed by atoms with Gasteiger partial charge in [0.2, 0.25) is 0 Å². The van der Waals surface area contributed by atoms with Crippen LogP contribution in [0.4, 0.5) is 0 Å². The SMILES string of the molecule is COc1cccc2c1[nH]c(=S)n2CCC1=CCCCC1. The molecule has 106 valence electrons. The summed E-state index contributed by atoms with van der Waals surface area (Å²) in [4.78, 5) is 3.27. The fourth-order valence-electron chi connectivity index (χ4n) is 2.93. The van der Waals surface area contributed by atoms with Crippen molar-refractivity contribution in [2.45, 2.75) is 38.6 Å². The summed E-state index contributed by atoms with van der Waals surface area (Å²) >= 11 is 5.46. The summed E-state index contributed by atoms with van der Waals surface area (Å²) in [5.41, 5.74) is 3.71. The molecule has 0 aliphatic heterocycles. The van der Waals surface area contributed by atoms with E-state index in [0.29, 0.717) is 0 Å². The molecular formula is C16H20N2OS. The van der Waals surface area contributed by atoms with Gasteiger partial charge in [-0.2, -0.15) is 0 Å². The number of allylic oxidation sites excluding steroid dienone is 2. The van der Waals surface area contributed by atoms with Crippen molar-refractivity contribution in [1.29, 1.82) is 0 Å². The summed E-state index contributed by atoms with van der Waals surface area (Å²) < 4.78 is 8.35. The zero-order valence-corrected chi connectivity index (χ0v) is 12.6. The van der Waals surface area contributed by atoms with Gasteiger partial charge in [0, 0.05) is 6.54 Å². The molecule has 1 aliphatic carbocycles. The number of aromatic amines is 1. The molecule has 0 radical (unpaired) electrons. The van der Waals surface area contributed by atoms with Crippen molar-refractivity contribution in [2.24, 2.45) is 0 Å². The Bertz CT molecular complexity index is 696. The molecule has 0 saturated heterocycles. The molecule has 4 heteroatoms. The number of fused-ring (bicyclic) bond motifs is 1. The summed E-state index contributed by atoms with van der Waals surface area (Å²) in [6.45, 7) is 0.942. The first-order valence-corrected chi connectivity index (χ1v) is 7.64. The first-order valence-electron chi connectivity index (χ1n) is 7.23. The van der Waals surface area contributed by atoms with Gasteiger partial charge in [-0.3, -0.25) is 0 Å². The van der Waals surface area contributed by atoms with E-state index in [-0.39, 0.29) is 0 Å². The van der Waals surface area contributed by atoms with Gasteiger partial charge in [-0.05, 0) is 56.5 Å². The molecule has 0 fully saturated rings. The summed E-state index contributed by atoms with van der Waals surface area (Å²) in [7, 11) is 1.69. The van der Waals surface area contributed by atoms with Gasteiger partial charge < -0.3 is 14.3 Å². The van der Waals surface area contributed by atoms with Crippen LogP contribution in [0.1, 0.15) is 32.1 Å². The highest BCUT2D eigenvalue weighted by atomic mass is 32.1. The molecular weight excluding hydrogens is 268 g/mol. The zero-order chi connectivity index (χ0) is 13.9. The van der Waals surface area contributed by atoms with Crippen molar-refractivity contribution in [3.63, 3.8) is 0 Å². The Morgan fingerprint density at radius 3 is 3.00 bits per heavy atom. The molecule has 0 atom stereocenters. The molecule has 1 aromatic heterocycles. The lowest BCUT2D eigenvalue weighted by atomic mass is 9.97. The minimum atomic E-state index is 0.779. The van der Waals surface area contributed by atoms with Crippen LogP contribution in [0.2, 0.25) is 0 Å². The number of para-hydroxylation sites is 1. The van der Waals surface area contributed by atoms with Crippen LogP contribution in [0.5, 0.6) is 5.75 Å². The largest absolute Gasteiger partial charge is 0.494 e. The molecule has 3 rings (SSSR count). The van der Waals surface area contributed by atoms with E-state index in [2.05, 4.69) is 21.7 Å². The maximum absolute atomic E-state index is 5.46. The van der Waals surface area contributed by atoms with Gasteiger partial charge in [0.05, 0.1) is 12.6 Å². The average molecular weight is 288 g/mol. The number of rotatable bonds is 4. The number of imidazole rings is 1. The lowest BCUT2D eigenvalue weighted by Crippen LogP contribution is -2.01. The smallest absolute Gasteiger partial charge is 0.178 e. The first kappa shape index (κ1) is 13.4. The summed E-state index contributed by atoms with van der Waals surface area (Å²) in [5.74, 6) is 0.851. The quantitative estimate of drug-likeness (QED) is 0.658. The van der Waals surface area contributed by atoms with E-state index in [4.69, 9.17) is 17.0 Å². The Balaban J connectivity index is 1.89. The van der Waals surface area contributed by atoms with Crippen molar-refractivity contribution in [2.75, 3.05) is 7.11 Å². The number of hydrogen-bond acceptors (Lipinski definition) is 2. The number of benzene rings is 1. The average Bonchev–Trinajstić information content (AvgIpc) is 2.81. The molecule has 20 heavy (non-hydrogen) atoms. The van der Waals surface area contributed by atoms with Crippen molar-refractivity contribution in [3.8, 4) is 5.75 Å². The number of methoxy groups -OCH3 is 1. The monoisotopic (exact) mass is 288 g/mol. The van der Waals surface area contributed by atoms with Gasteiger partial charge in [0.15, 0.2) is 4.77 Å². The fraction of sp³-hybridized carbons (Fsp3) is 0.438. The minimum absolute atomic E-state index is 0.779. The molecule has 1 aromatic carbocycles. The number of nitrogens with one attached hydrogen (secondary N) is 1. The van der Waals surface area contributed by atoms with Gasteiger partial charge in [0.25, 0.3) is 0 Å². The normalized spacial score (nSPS) is 15.3. The Morgan fingerprint density at radius 2 is 2.25 bits per heavy atom. The Labute approximate surface area is 124 Å². The third-order valence-corrected chi connectivity index (χ3v) is 4.36. The molecule has 0 spiro atoms. The van der Waals surface area contributed by atoms with Crippen LogP contribution < -0.4 is 4.74 Å². The molecule has 3 nitrogen and oxygen atoms in total. The molecule has 1 aliphatic rings. The molecule has 0 saturated carbocycles. The Kier molecular flexibility index (Phi) is 3.92. The van der Waals surface area contributed by atoms with Crippen LogP contribution in [0, 0.1) is 4.77 Å². The van der Waals surface area contributed by atoms with Crippen molar-refractivity contribution in [1.82, 2.24) is 9.55 Å². The second kappa shape index (κ2) is 5.83. The highest BCUT2D eigenvalue weighted by Crippen LogP contribution is 2.26. The number of aryl methyl sites for hydroxylation is 1. The van der Waals surface area contributed by atoms with Crippen molar-refractivity contribution in [3.05, 3.63) is 34.6 Å². The molecule has 1 N–H and O–H groups in total. The maximum atomic E-state index is 5.46. The fourth-order valence-corrected chi connectivity index (χ4v) is 3.22. The van der Waals surface area contributed by atoms with Crippen LogP contribution in [0.25, 0.3) is 11.0 Å². The summed E-state index contributed by atoms with van der Waals surface area (Å²) in [6.07, 6.45) is 8.66. The van der Waals surface area contributed by atoms with Crippen molar-refractivity contribution >= 4 is 23.3 Å². The van der Waals surface area contributed by atoms with E-state index in [0.717, 1.165) is 34.5 Å². The third-order valence-electron chi connectivity index (χ3n) is 4.03. The number of H-pyrrole nitrogens is 1. The van der Waals surface area contributed by atoms with Gasteiger partial charge in [-0.15, -0.1) is 0 Å². The predicted octanol–water partition coefficient (Wildman–Crippen LogP) is 4.60. The number of ether oxygens (including phenoxy) is 1. The van der Waals surface area contributed by atoms with E-state index in [9.17, 15) is 0 Å². The first-order chi connectivity index (χ1) is 9.79. The minimum Gasteiger partial charge on any atom is -0.494 e. The maximum Gasteiger partial charge on any atom is 0.178 e. The van der Waals surface area contributed by atoms with Gasteiger partial charge >= 0.3 is 0 Å². The number of nitrogens with zero attached hydrogens (tertiary/aromatic N) is 1. The van der Waals surface area contributed by atoms with Crippen LogP contribution in [0.15, 0.2) is 29.8 Å². The van der Waals surface area contributed by atoms with Crippen LogP contribution in [-0.2, 0) is 6.54 Å². The van der Waals surface area contributed by atoms with Gasteiger partial charge in [-0.1, -0.05) is 17.7 Å². The second-order valence-electron chi connectivity index (χ2n) is 5.29. The summed E-state index contributed by atoms with van der Waals surface area (Å²) in [6, 6.07) is 6.07. The third kappa shape index (κ3) is 2.52. The van der Waals surface area contributed by atoms with Crippen LogP contribution in [-0.4, -0.2) is 16.7 Å². The second-order valence-corrected chi connectivity index (χ2v) is 5.68. The highest BCUT2D eigenvalue weighted by molar-refractivity contribution is 7.71. The molecule has 0 unspecified atom stereocenters. The molecule has 1 heterocycles. The standard InChI is InChI=1S/C16H20N2OS/c1-19-14-9-5-8-13-15(14)17-16(20)18(13)11-10-12-6-3-2-4-7-12/h5-6,8-9H,2-4,7,10-11H2,1H3,(H,17,20). The van der Waals surface area contributed by atoms with E-state index in [1.165, 1.54) is 25.7 Å². The van der Waals surface area contributed by atoms with E-state index in [1.54, 1.807) is 12.7 Å². The highest BCUT2D eigenvalue weighted by Gasteiger charge is 2.10. The van der Waals surface area contributed by atoms with Crippen LogP contribution in [0.3, 0.4) is 0 Å². The molecule has 0 bridgehead atoms. The van der Waals surface area contributed by atoms with Crippen LogP contribution >= 0.6 is 12.2 Å². The number of aromatic nitrogens is 2. The molecule has 0 amide bonds. The lowest BCUT2D eigenvalue weighted by Gasteiger charge is -2.13. The van der Waals surface area contributed by atoms with E-state index >= 15 is 0 Å². The van der Waals surface area contributed by atoms with Crippen molar-refractivity contribution < 1.29 is 4.74 Å². The van der Waals surface area contributed by atoms with E-state index in [1.807, 2.05) is 12.1 Å². The topological polar surface area (TPSA) is 29.9 Å². The number of hydrogen-bond donors (Lipinski definition) is 1. The van der Waals surface area contributed by atoms with Gasteiger partial charge in [0.1, 0.15) is 11.3 Å². The zero-order valence-electron chi connectivity index (χ0n) is 11.8. The Morgan fingerprint density at radius 1 is 1.35 bits per heavy atom. The van der Waals surface area contributed by atoms with E-state index < -0.39 is 0 Å². The molecule has 2 aromatic rings. The lowest BCUT2D eigenvalue weighted by molar-refractivity contribution is 0.419.